The second-order valence-electron chi connectivity index (χ2n) is 7.65. The zero-order valence-corrected chi connectivity index (χ0v) is 16.9. The van der Waals surface area contributed by atoms with Gasteiger partial charge in [0, 0.05) is 25.6 Å². The van der Waals surface area contributed by atoms with E-state index >= 15 is 0 Å². The van der Waals surface area contributed by atoms with Crippen LogP contribution in [0, 0.1) is 0 Å². The van der Waals surface area contributed by atoms with Crippen LogP contribution < -0.4 is 10.6 Å². The zero-order chi connectivity index (χ0) is 20.3. The monoisotopic (exact) mass is 397 g/mol. The first-order valence-electron chi connectivity index (χ1n) is 10.6. The summed E-state index contributed by atoms with van der Waals surface area (Å²) in [6, 6.07) is 13.8. The van der Waals surface area contributed by atoms with Crippen molar-refractivity contribution in [3.8, 4) is 0 Å². The third-order valence-corrected chi connectivity index (χ3v) is 5.29. The average molecular weight is 398 g/mol. The van der Waals surface area contributed by atoms with Crippen molar-refractivity contribution in [2.24, 2.45) is 0 Å². The molecule has 0 unspecified atom stereocenters. The van der Waals surface area contributed by atoms with Crippen molar-refractivity contribution in [2.45, 2.75) is 64.1 Å². The Balaban J connectivity index is 1.43. The van der Waals surface area contributed by atoms with Gasteiger partial charge in [-0.2, -0.15) is 0 Å². The molecular formula is C23H31N3O3. The fourth-order valence-electron chi connectivity index (χ4n) is 3.71. The van der Waals surface area contributed by atoms with Crippen molar-refractivity contribution < 1.29 is 14.0 Å². The Bertz CT molecular complexity index is 740. The van der Waals surface area contributed by atoms with Gasteiger partial charge in [-0.15, -0.1) is 0 Å². The van der Waals surface area contributed by atoms with E-state index in [2.05, 4.69) is 10.6 Å². The lowest BCUT2D eigenvalue weighted by molar-refractivity contribution is -0.132. The van der Waals surface area contributed by atoms with Crippen molar-refractivity contribution in [1.82, 2.24) is 15.5 Å². The van der Waals surface area contributed by atoms with E-state index in [1.165, 1.54) is 19.3 Å². The van der Waals surface area contributed by atoms with Crippen LogP contribution in [0.25, 0.3) is 0 Å². The molecule has 0 radical (unpaired) electrons. The van der Waals surface area contributed by atoms with Gasteiger partial charge in [-0.1, -0.05) is 49.6 Å². The average Bonchev–Trinajstić information content (AvgIpc) is 3.25. The molecular weight excluding hydrogens is 366 g/mol. The summed E-state index contributed by atoms with van der Waals surface area (Å²) in [5, 5.41) is 5.91. The van der Waals surface area contributed by atoms with Crippen molar-refractivity contribution in [3.05, 3.63) is 60.1 Å². The lowest BCUT2D eigenvalue weighted by atomic mass is 9.96. The first kappa shape index (κ1) is 21.0. The molecule has 1 saturated carbocycles. The standard InChI is InChI=1S/C23H31N3O3/c27-22(14-7-15-24-23(28)25-20-11-5-2-6-12-20)26(18-21-13-8-16-29-21)17-19-9-3-1-4-10-19/h1,3-4,8-10,13,16,20H,2,5-7,11-12,14-15,17-18H2,(H2,24,25,28). The molecule has 6 heteroatoms. The van der Waals surface area contributed by atoms with Gasteiger partial charge in [0.15, 0.2) is 0 Å². The predicted molar refractivity (Wildman–Crippen MR) is 112 cm³/mol. The molecule has 1 fully saturated rings. The molecule has 0 bridgehead atoms. The number of carbonyl (C=O) groups excluding carboxylic acids is 2. The minimum absolute atomic E-state index is 0.0553. The highest BCUT2D eigenvalue weighted by molar-refractivity contribution is 5.76. The van der Waals surface area contributed by atoms with Gasteiger partial charge >= 0.3 is 6.03 Å². The first-order valence-corrected chi connectivity index (χ1v) is 10.6. The normalized spacial score (nSPS) is 14.3. The van der Waals surface area contributed by atoms with Gasteiger partial charge in [-0.25, -0.2) is 4.79 Å². The second kappa shape index (κ2) is 11.3. The molecule has 1 aliphatic carbocycles. The number of nitrogens with one attached hydrogen (secondary N) is 2. The van der Waals surface area contributed by atoms with Crippen LogP contribution in [0.1, 0.15) is 56.3 Å². The molecule has 1 aliphatic rings. The first-order chi connectivity index (χ1) is 14.2. The summed E-state index contributed by atoms with van der Waals surface area (Å²) in [5.41, 5.74) is 1.08. The Labute approximate surface area is 172 Å². The molecule has 1 aromatic carbocycles. The molecule has 0 atom stereocenters. The van der Waals surface area contributed by atoms with Crippen LogP contribution in [-0.4, -0.2) is 29.4 Å². The summed E-state index contributed by atoms with van der Waals surface area (Å²) in [5.74, 6) is 0.819. The number of benzene rings is 1. The lowest BCUT2D eigenvalue weighted by Crippen LogP contribution is -2.43. The van der Waals surface area contributed by atoms with Crippen molar-refractivity contribution >= 4 is 11.9 Å². The minimum Gasteiger partial charge on any atom is -0.467 e. The van der Waals surface area contributed by atoms with Gasteiger partial charge in [0.2, 0.25) is 5.91 Å². The van der Waals surface area contributed by atoms with Crippen LogP contribution >= 0.6 is 0 Å². The van der Waals surface area contributed by atoms with E-state index in [9.17, 15) is 9.59 Å². The van der Waals surface area contributed by atoms with Crippen LogP contribution in [0.15, 0.2) is 53.1 Å². The summed E-state index contributed by atoms with van der Waals surface area (Å²) in [4.78, 5) is 26.6. The Hall–Kier alpha value is -2.76. The van der Waals surface area contributed by atoms with Gasteiger partial charge in [0.1, 0.15) is 5.76 Å². The van der Waals surface area contributed by atoms with E-state index in [-0.39, 0.29) is 11.9 Å². The summed E-state index contributed by atoms with van der Waals surface area (Å²) < 4.78 is 5.42. The Morgan fingerprint density at radius 2 is 1.79 bits per heavy atom. The molecule has 0 saturated heterocycles. The molecule has 3 rings (SSSR count). The van der Waals surface area contributed by atoms with E-state index in [0.717, 1.165) is 24.2 Å². The van der Waals surface area contributed by atoms with Crippen LogP contribution in [0.5, 0.6) is 0 Å². The number of carbonyl (C=O) groups is 2. The van der Waals surface area contributed by atoms with Crippen LogP contribution in [0.3, 0.4) is 0 Å². The quantitative estimate of drug-likeness (QED) is 0.622. The molecule has 1 aromatic heterocycles. The number of urea groups is 1. The summed E-state index contributed by atoms with van der Waals surface area (Å²) in [6.07, 6.45) is 8.38. The van der Waals surface area contributed by atoms with Crippen molar-refractivity contribution in [1.29, 1.82) is 0 Å². The number of rotatable bonds is 9. The molecule has 3 amide bonds. The van der Waals surface area contributed by atoms with Crippen LogP contribution in [-0.2, 0) is 17.9 Å². The molecule has 2 N–H and O–H groups in total. The van der Waals surface area contributed by atoms with Crippen LogP contribution in [0.2, 0.25) is 0 Å². The number of hydrogen-bond donors (Lipinski definition) is 2. The van der Waals surface area contributed by atoms with Gasteiger partial charge in [0.25, 0.3) is 0 Å². The maximum Gasteiger partial charge on any atom is 0.315 e. The minimum atomic E-state index is -0.124. The topological polar surface area (TPSA) is 74.6 Å². The summed E-state index contributed by atoms with van der Waals surface area (Å²) in [7, 11) is 0. The molecule has 2 aromatic rings. The Morgan fingerprint density at radius 1 is 1.00 bits per heavy atom. The maximum atomic E-state index is 12.8. The van der Waals surface area contributed by atoms with Crippen molar-refractivity contribution in [3.63, 3.8) is 0 Å². The van der Waals surface area contributed by atoms with E-state index in [1.807, 2.05) is 42.5 Å². The van der Waals surface area contributed by atoms with E-state index < -0.39 is 0 Å². The third kappa shape index (κ3) is 7.29. The molecule has 156 valence electrons. The van der Waals surface area contributed by atoms with Gasteiger partial charge in [0.05, 0.1) is 12.8 Å². The third-order valence-electron chi connectivity index (χ3n) is 5.29. The van der Waals surface area contributed by atoms with Gasteiger partial charge in [-0.3, -0.25) is 4.79 Å². The number of furan rings is 1. The van der Waals surface area contributed by atoms with Gasteiger partial charge < -0.3 is 20.0 Å². The summed E-state index contributed by atoms with van der Waals surface area (Å²) in [6.45, 7) is 1.47. The highest BCUT2D eigenvalue weighted by atomic mass is 16.3. The molecule has 29 heavy (non-hydrogen) atoms. The smallest absolute Gasteiger partial charge is 0.315 e. The van der Waals surface area contributed by atoms with E-state index in [0.29, 0.717) is 38.5 Å². The molecule has 0 spiro atoms. The number of nitrogens with zero attached hydrogens (tertiary/aromatic N) is 1. The largest absolute Gasteiger partial charge is 0.467 e. The SMILES string of the molecule is O=C(NCCCC(=O)N(Cc1ccccc1)Cc1ccco1)NC1CCCCC1. The maximum absolute atomic E-state index is 12.8. The van der Waals surface area contributed by atoms with E-state index in [1.54, 1.807) is 11.2 Å². The Kier molecular flexibility index (Phi) is 8.16. The second-order valence-corrected chi connectivity index (χ2v) is 7.65. The van der Waals surface area contributed by atoms with Crippen LogP contribution in [0.4, 0.5) is 4.79 Å². The fraction of sp³-hybridized carbons (Fsp3) is 0.478. The number of amides is 3. The van der Waals surface area contributed by atoms with Crippen molar-refractivity contribution in [2.75, 3.05) is 6.54 Å². The highest BCUT2D eigenvalue weighted by Gasteiger charge is 2.17. The summed E-state index contributed by atoms with van der Waals surface area (Å²) >= 11 is 0. The van der Waals surface area contributed by atoms with E-state index in [4.69, 9.17) is 4.42 Å². The predicted octanol–water partition coefficient (Wildman–Crippen LogP) is 4.22. The van der Waals surface area contributed by atoms with Gasteiger partial charge in [-0.05, 0) is 37.0 Å². The highest BCUT2D eigenvalue weighted by Crippen LogP contribution is 2.17. The number of hydrogen-bond acceptors (Lipinski definition) is 3. The molecule has 6 nitrogen and oxygen atoms in total. The molecule has 0 aliphatic heterocycles. The zero-order valence-electron chi connectivity index (χ0n) is 16.9. The Morgan fingerprint density at radius 3 is 2.52 bits per heavy atom. The fourth-order valence-corrected chi connectivity index (χ4v) is 3.71. The lowest BCUT2D eigenvalue weighted by Gasteiger charge is -2.23. The molecule has 1 heterocycles.